The number of hydrogen-bond donors (Lipinski definition) is 1. The summed E-state index contributed by atoms with van der Waals surface area (Å²) in [7, 11) is 3.86. The second-order valence-electron chi connectivity index (χ2n) is 8.19. The number of rotatable bonds is 4. The molecule has 1 fully saturated rings. The lowest BCUT2D eigenvalue weighted by Gasteiger charge is -2.36. The van der Waals surface area contributed by atoms with Crippen molar-refractivity contribution in [3.8, 4) is 0 Å². The first-order valence-electron chi connectivity index (χ1n) is 9.51. The molecule has 0 aromatic heterocycles. The summed E-state index contributed by atoms with van der Waals surface area (Å²) >= 11 is 0. The van der Waals surface area contributed by atoms with Crippen molar-refractivity contribution in [2.45, 2.75) is 32.4 Å². The summed E-state index contributed by atoms with van der Waals surface area (Å²) < 4.78 is 19.0. The highest BCUT2D eigenvalue weighted by Crippen LogP contribution is 2.19. The lowest BCUT2D eigenvalue weighted by molar-refractivity contribution is 0.0186. The van der Waals surface area contributed by atoms with Gasteiger partial charge in [-0.15, -0.1) is 24.0 Å². The van der Waals surface area contributed by atoms with Crippen LogP contribution in [0.1, 0.15) is 32.4 Å². The average molecular weight is 521 g/mol. The van der Waals surface area contributed by atoms with Gasteiger partial charge in [0, 0.05) is 26.2 Å². The number of hydrogen-bond acceptors (Lipinski definition) is 4. The third-order valence-electron chi connectivity index (χ3n) is 4.54. The number of halogens is 2. The molecule has 7 nitrogen and oxygen atoms in total. The molecule has 1 amide bonds. The van der Waals surface area contributed by atoms with E-state index in [1.54, 1.807) is 11.0 Å². The van der Waals surface area contributed by atoms with Crippen molar-refractivity contribution in [2.75, 3.05) is 46.8 Å². The Morgan fingerprint density at radius 1 is 1.24 bits per heavy atom. The van der Waals surface area contributed by atoms with Crippen molar-refractivity contribution in [1.82, 2.24) is 14.7 Å². The molecule has 0 aliphatic carbocycles. The molecule has 2 rings (SSSR count). The van der Waals surface area contributed by atoms with Crippen molar-refractivity contribution < 1.29 is 13.9 Å². The van der Waals surface area contributed by atoms with Crippen LogP contribution < -0.4 is 5.73 Å². The van der Waals surface area contributed by atoms with E-state index in [9.17, 15) is 9.18 Å². The Morgan fingerprint density at radius 3 is 2.34 bits per heavy atom. The predicted molar refractivity (Wildman–Crippen MR) is 124 cm³/mol. The van der Waals surface area contributed by atoms with Crippen molar-refractivity contribution in [2.24, 2.45) is 10.7 Å². The van der Waals surface area contributed by atoms with E-state index in [1.165, 1.54) is 12.1 Å². The van der Waals surface area contributed by atoms with Gasteiger partial charge >= 0.3 is 6.09 Å². The molecule has 164 valence electrons. The maximum atomic E-state index is 13.6. The van der Waals surface area contributed by atoms with Crippen LogP contribution in [0.15, 0.2) is 29.3 Å². The van der Waals surface area contributed by atoms with Gasteiger partial charge in [0.15, 0.2) is 5.96 Å². The number of amides is 1. The number of aliphatic imine (C=N–C) groups is 1. The Labute approximate surface area is 190 Å². The highest BCUT2D eigenvalue weighted by Gasteiger charge is 2.26. The fraction of sp³-hybridized carbons (Fsp3) is 0.600. The number of carbonyl (C=O) groups is 1. The van der Waals surface area contributed by atoms with Crippen molar-refractivity contribution in [3.63, 3.8) is 0 Å². The van der Waals surface area contributed by atoms with E-state index in [0.29, 0.717) is 38.7 Å². The Balaban J connectivity index is 0.00000420. The first kappa shape index (κ1) is 25.4. The molecular formula is C20H33FIN5O2. The molecule has 0 spiro atoms. The van der Waals surface area contributed by atoms with Gasteiger partial charge < -0.3 is 25.2 Å². The lowest BCUT2D eigenvalue weighted by atomic mass is 10.1. The minimum Gasteiger partial charge on any atom is -0.444 e. The lowest BCUT2D eigenvalue weighted by Crippen LogP contribution is -2.53. The summed E-state index contributed by atoms with van der Waals surface area (Å²) in [4.78, 5) is 22.3. The fourth-order valence-electron chi connectivity index (χ4n) is 3.01. The predicted octanol–water partition coefficient (Wildman–Crippen LogP) is 2.91. The molecule has 2 N–H and O–H groups in total. The molecule has 1 unspecified atom stereocenters. The van der Waals surface area contributed by atoms with Crippen molar-refractivity contribution in [3.05, 3.63) is 35.6 Å². The summed E-state index contributed by atoms with van der Waals surface area (Å²) in [6, 6.07) is 6.47. The number of carbonyl (C=O) groups excluding carboxylic acids is 1. The average Bonchev–Trinajstić information content (AvgIpc) is 2.60. The maximum absolute atomic E-state index is 13.6. The zero-order valence-corrected chi connectivity index (χ0v) is 20.2. The van der Waals surface area contributed by atoms with Crippen LogP contribution >= 0.6 is 24.0 Å². The van der Waals surface area contributed by atoms with E-state index in [4.69, 9.17) is 10.5 Å². The molecule has 1 heterocycles. The van der Waals surface area contributed by atoms with E-state index in [0.717, 1.165) is 5.56 Å². The van der Waals surface area contributed by atoms with E-state index >= 15 is 0 Å². The van der Waals surface area contributed by atoms with Gasteiger partial charge in [-0.3, -0.25) is 4.99 Å². The van der Waals surface area contributed by atoms with Crippen LogP contribution in [0.2, 0.25) is 0 Å². The zero-order valence-electron chi connectivity index (χ0n) is 17.9. The first-order valence-corrected chi connectivity index (χ1v) is 9.51. The minimum absolute atomic E-state index is 0. The van der Waals surface area contributed by atoms with Crippen LogP contribution in [-0.2, 0) is 4.74 Å². The van der Waals surface area contributed by atoms with Crippen LogP contribution in [0.25, 0.3) is 0 Å². The monoisotopic (exact) mass is 521 g/mol. The smallest absolute Gasteiger partial charge is 0.410 e. The van der Waals surface area contributed by atoms with Crippen molar-refractivity contribution >= 4 is 36.0 Å². The number of guanidine groups is 1. The summed E-state index contributed by atoms with van der Waals surface area (Å²) in [6.07, 6.45) is -0.304. The Morgan fingerprint density at radius 2 is 1.83 bits per heavy atom. The summed E-state index contributed by atoms with van der Waals surface area (Å²) in [5, 5.41) is 0. The zero-order chi connectivity index (χ0) is 20.9. The van der Waals surface area contributed by atoms with Gasteiger partial charge in [0.05, 0.1) is 12.6 Å². The molecule has 0 saturated carbocycles. The van der Waals surface area contributed by atoms with Crippen LogP contribution in [0.4, 0.5) is 9.18 Å². The molecule has 9 heteroatoms. The Bertz CT molecular complexity index is 700. The first-order chi connectivity index (χ1) is 13.1. The fourth-order valence-corrected chi connectivity index (χ4v) is 3.01. The number of likely N-dealkylation sites (N-methyl/N-ethyl adjacent to an activating group) is 1. The summed E-state index contributed by atoms with van der Waals surface area (Å²) in [6.45, 7) is 8.25. The van der Waals surface area contributed by atoms with Crippen LogP contribution in [-0.4, -0.2) is 79.2 Å². The Hall–Kier alpha value is -1.62. The second kappa shape index (κ2) is 11.0. The molecule has 0 bridgehead atoms. The number of nitrogens with two attached hydrogens (primary N) is 1. The van der Waals surface area contributed by atoms with Gasteiger partial charge in [-0.25, -0.2) is 9.18 Å². The second-order valence-corrected chi connectivity index (χ2v) is 8.19. The summed E-state index contributed by atoms with van der Waals surface area (Å²) in [5.41, 5.74) is 6.53. The molecule has 1 atom stereocenters. The van der Waals surface area contributed by atoms with Crippen LogP contribution in [0.5, 0.6) is 0 Å². The number of nitrogens with zero attached hydrogens (tertiary/aromatic N) is 4. The molecule has 1 aliphatic heterocycles. The van der Waals surface area contributed by atoms with Crippen molar-refractivity contribution in [1.29, 1.82) is 0 Å². The third kappa shape index (κ3) is 7.96. The van der Waals surface area contributed by atoms with Gasteiger partial charge in [0.25, 0.3) is 0 Å². The number of piperazine rings is 1. The highest BCUT2D eigenvalue weighted by atomic mass is 127. The Kier molecular flexibility index (Phi) is 9.60. The van der Waals surface area contributed by atoms with E-state index < -0.39 is 5.60 Å². The molecule has 0 radical (unpaired) electrons. The topological polar surface area (TPSA) is 74.4 Å². The molecule has 29 heavy (non-hydrogen) atoms. The normalized spacial score (nSPS) is 16.4. The van der Waals surface area contributed by atoms with Gasteiger partial charge in [0.1, 0.15) is 11.4 Å². The summed E-state index contributed by atoms with van der Waals surface area (Å²) in [5.74, 6) is 0.173. The quantitative estimate of drug-likeness (QED) is 0.375. The largest absolute Gasteiger partial charge is 0.444 e. The number of benzene rings is 1. The molecular weight excluding hydrogens is 488 g/mol. The molecule has 1 aromatic carbocycles. The molecule has 1 aliphatic rings. The molecule has 1 saturated heterocycles. The maximum Gasteiger partial charge on any atom is 0.410 e. The van der Waals surface area contributed by atoms with Gasteiger partial charge in [-0.1, -0.05) is 12.1 Å². The highest BCUT2D eigenvalue weighted by molar-refractivity contribution is 14.0. The van der Waals surface area contributed by atoms with Gasteiger partial charge in [-0.2, -0.15) is 0 Å². The molecule has 1 aromatic rings. The van der Waals surface area contributed by atoms with Gasteiger partial charge in [0.2, 0.25) is 0 Å². The van der Waals surface area contributed by atoms with Crippen LogP contribution in [0, 0.1) is 5.82 Å². The number of ether oxygens (including phenoxy) is 1. The SMILES string of the molecule is CN(C)C(CN=C(N)N1CCN(C(=O)OC(C)(C)C)CC1)c1cccc(F)c1.I. The van der Waals surface area contributed by atoms with E-state index in [1.807, 2.05) is 50.7 Å². The minimum atomic E-state index is -0.507. The third-order valence-corrected chi connectivity index (χ3v) is 4.54. The van der Waals surface area contributed by atoms with Crippen LogP contribution in [0.3, 0.4) is 0 Å². The van der Waals surface area contributed by atoms with Gasteiger partial charge in [-0.05, 0) is 52.6 Å². The standard InChI is InChI=1S/C20H32FN5O2.HI/c1-20(2,3)28-19(27)26-11-9-25(10-12-26)18(22)23-14-17(24(4)5)15-7-6-8-16(21)13-15;/h6-8,13,17H,9-12,14H2,1-5H3,(H2,22,23);1H. The van der Waals surface area contributed by atoms with E-state index in [2.05, 4.69) is 4.99 Å². The van der Waals surface area contributed by atoms with E-state index in [-0.39, 0.29) is 41.9 Å².